The molecule has 0 spiro atoms. The van der Waals surface area contributed by atoms with Gasteiger partial charge in [-0.1, -0.05) is 60.7 Å². The molecule has 3 aromatic rings. The second-order valence-corrected chi connectivity index (χ2v) is 7.00. The zero-order valence-corrected chi connectivity index (χ0v) is 17.3. The fraction of sp³-hybridized carbons (Fsp3) is 0.240. The number of carbonyl (C=O) groups excluding carboxylic acids is 1. The molecule has 0 saturated heterocycles. The van der Waals surface area contributed by atoms with Crippen LogP contribution in [0.15, 0.2) is 72.8 Å². The third-order valence-electron chi connectivity index (χ3n) is 5.23. The van der Waals surface area contributed by atoms with Crippen LogP contribution in [0.1, 0.15) is 41.1 Å². The van der Waals surface area contributed by atoms with E-state index in [0.29, 0.717) is 11.5 Å². The summed E-state index contributed by atoms with van der Waals surface area (Å²) in [7, 11) is 3.27. The van der Waals surface area contributed by atoms with Crippen molar-refractivity contribution in [3.63, 3.8) is 0 Å². The lowest BCUT2D eigenvalue weighted by molar-refractivity contribution is -0.122. The zero-order chi connectivity index (χ0) is 20.8. The Balaban J connectivity index is 2.02. The van der Waals surface area contributed by atoms with E-state index in [4.69, 9.17) is 9.47 Å². The monoisotopic (exact) mass is 389 g/mol. The van der Waals surface area contributed by atoms with Gasteiger partial charge < -0.3 is 14.8 Å². The Bertz CT molecular complexity index is 936. The van der Waals surface area contributed by atoms with Crippen molar-refractivity contribution >= 4 is 5.91 Å². The highest BCUT2D eigenvalue weighted by atomic mass is 16.5. The van der Waals surface area contributed by atoms with Crippen LogP contribution in [-0.4, -0.2) is 20.1 Å². The molecule has 29 heavy (non-hydrogen) atoms. The Kier molecular flexibility index (Phi) is 6.55. The minimum absolute atomic E-state index is 0.0545. The van der Waals surface area contributed by atoms with Gasteiger partial charge in [0.25, 0.3) is 0 Å². The first-order chi connectivity index (χ1) is 14.1. The first-order valence-corrected chi connectivity index (χ1v) is 9.68. The van der Waals surface area contributed by atoms with Crippen LogP contribution in [0.4, 0.5) is 0 Å². The Morgan fingerprint density at radius 2 is 1.21 bits per heavy atom. The summed E-state index contributed by atoms with van der Waals surface area (Å²) in [6, 6.07) is 23.0. The number of hydrogen-bond acceptors (Lipinski definition) is 3. The van der Waals surface area contributed by atoms with Crippen molar-refractivity contribution in [2.45, 2.75) is 25.8 Å². The van der Waals surface area contributed by atoms with E-state index >= 15 is 0 Å². The van der Waals surface area contributed by atoms with E-state index in [1.807, 2.05) is 86.6 Å². The number of amides is 1. The van der Waals surface area contributed by atoms with Crippen LogP contribution in [0, 0.1) is 6.92 Å². The van der Waals surface area contributed by atoms with Gasteiger partial charge >= 0.3 is 0 Å². The van der Waals surface area contributed by atoms with Crippen LogP contribution in [0.25, 0.3) is 0 Å². The van der Waals surface area contributed by atoms with Crippen molar-refractivity contribution in [3.05, 3.63) is 95.1 Å². The fourth-order valence-electron chi connectivity index (χ4n) is 3.61. The van der Waals surface area contributed by atoms with E-state index in [2.05, 4.69) is 5.32 Å². The fourth-order valence-corrected chi connectivity index (χ4v) is 3.61. The number of para-hydroxylation sites is 2. The van der Waals surface area contributed by atoms with E-state index < -0.39 is 6.04 Å². The molecule has 0 bridgehead atoms. The third-order valence-corrected chi connectivity index (χ3v) is 5.23. The molecule has 0 saturated carbocycles. The summed E-state index contributed by atoms with van der Waals surface area (Å²) in [6.45, 7) is 3.95. The molecule has 1 atom stereocenters. The lowest BCUT2D eigenvalue weighted by atomic mass is 9.93. The van der Waals surface area contributed by atoms with Crippen LogP contribution in [0.3, 0.4) is 0 Å². The number of methoxy groups -OCH3 is 2. The van der Waals surface area contributed by atoms with Gasteiger partial charge in [-0.3, -0.25) is 4.79 Å². The maximum absolute atomic E-state index is 13.3. The highest BCUT2D eigenvalue weighted by Crippen LogP contribution is 2.35. The molecule has 0 radical (unpaired) electrons. The summed E-state index contributed by atoms with van der Waals surface area (Å²) >= 11 is 0. The number of aryl methyl sites for hydroxylation is 1. The summed E-state index contributed by atoms with van der Waals surface area (Å²) in [5.74, 6) is 1.09. The number of nitrogens with one attached hydrogen (secondary N) is 1. The summed E-state index contributed by atoms with van der Waals surface area (Å²) in [5, 5.41) is 3.23. The zero-order valence-electron chi connectivity index (χ0n) is 17.3. The van der Waals surface area contributed by atoms with E-state index in [0.717, 1.165) is 22.3 Å². The smallest absolute Gasteiger partial charge is 0.228 e. The maximum Gasteiger partial charge on any atom is 0.228 e. The van der Waals surface area contributed by atoms with E-state index in [9.17, 15) is 4.79 Å². The minimum Gasteiger partial charge on any atom is -0.496 e. The molecule has 3 aromatic carbocycles. The SMILES string of the molecule is COc1ccccc1C(NC(=O)C(C)c1ccccc1C)c1ccccc1OC. The van der Waals surface area contributed by atoms with Gasteiger partial charge in [0.1, 0.15) is 11.5 Å². The Hall–Kier alpha value is -3.27. The second kappa shape index (κ2) is 9.28. The van der Waals surface area contributed by atoms with Crippen molar-refractivity contribution in [2.24, 2.45) is 0 Å². The molecule has 4 heteroatoms. The topological polar surface area (TPSA) is 47.6 Å². The Labute approximate surface area is 172 Å². The number of carbonyl (C=O) groups is 1. The minimum atomic E-state index is -0.402. The molecule has 0 heterocycles. The van der Waals surface area contributed by atoms with E-state index in [-0.39, 0.29) is 11.8 Å². The number of hydrogen-bond donors (Lipinski definition) is 1. The van der Waals surface area contributed by atoms with Crippen LogP contribution in [0.2, 0.25) is 0 Å². The average Bonchev–Trinajstić information content (AvgIpc) is 2.77. The van der Waals surface area contributed by atoms with Gasteiger partial charge in [0.05, 0.1) is 26.2 Å². The van der Waals surface area contributed by atoms with Gasteiger partial charge in [-0.05, 0) is 37.1 Å². The van der Waals surface area contributed by atoms with Crippen molar-refractivity contribution in [1.29, 1.82) is 0 Å². The molecule has 0 aromatic heterocycles. The lowest BCUT2D eigenvalue weighted by Gasteiger charge is -2.25. The first kappa shape index (κ1) is 20.5. The number of rotatable bonds is 7. The molecule has 3 rings (SSSR count). The van der Waals surface area contributed by atoms with E-state index in [1.54, 1.807) is 14.2 Å². The molecule has 0 aliphatic carbocycles. The van der Waals surface area contributed by atoms with Gasteiger partial charge in [0.15, 0.2) is 0 Å². The number of ether oxygens (including phenoxy) is 2. The third kappa shape index (κ3) is 4.43. The van der Waals surface area contributed by atoms with Gasteiger partial charge in [-0.15, -0.1) is 0 Å². The molecule has 150 valence electrons. The standard InChI is InChI=1S/C25H27NO3/c1-17-11-5-6-12-19(17)18(2)25(27)26-24(20-13-7-9-15-22(20)28-3)21-14-8-10-16-23(21)29-4/h5-16,18,24H,1-4H3,(H,26,27). The normalized spacial score (nSPS) is 11.8. The van der Waals surface area contributed by atoms with Gasteiger partial charge in [0, 0.05) is 11.1 Å². The molecule has 4 nitrogen and oxygen atoms in total. The Morgan fingerprint density at radius 1 is 0.759 bits per heavy atom. The largest absolute Gasteiger partial charge is 0.496 e. The molecule has 1 unspecified atom stereocenters. The molecular formula is C25H27NO3. The van der Waals surface area contributed by atoms with Crippen LogP contribution >= 0.6 is 0 Å². The predicted octanol–water partition coefficient (Wildman–Crippen LogP) is 5.02. The van der Waals surface area contributed by atoms with Gasteiger partial charge in [-0.25, -0.2) is 0 Å². The molecule has 0 fully saturated rings. The summed E-state index contributed by atoms with van der Waals surface area (Å²) in [4.78, 5) is 13.3. The highest BCUT2D eigenvalue weighted by Gasteiger charge is 2.26. The van der Waals surface area contributed by atoms with Gasteiger partial charge in [-0.2, -0.15) is 0 Å². The maximum atomic E-state index is 13.3. The number of benzene rings is 3. The summed E-state index contributed by atoms with van der Waals surface area (Å²) in [5.41, 5.74) is 3.87. The summed E-state index contributed by atoms with van der Waals surface area (Å²) in [6.07, 6.45) is 0. The van der Waals surface area contributed by atoms with Crippen LogP contribution in [-0.2, 0) is 4.79 Å². The molecular weight excluding hydrogens is 362 g/mol. The first-order valence-electron chi connectivity index (χ1n) is 9.68. The summed E-state index contributed by atoms with van der Waals surface area (Å²) < 4.78 is 11.1. The second-order valence-electron chi connectivity index (χ2n) is 7.00. The molecule has 1 N–H and O–H groups in total. The highest BCUT2D eigenvalue weighted by molar-refractivity contribution is 5.84. The lowest BCUT2D eigenvalue weighted by Crippen LogP contribution is -2.33. The van der Waals surface area contributed by atoms with Gasteiger partial charge in [0.2, 0.25) is 5.91 Å². The van der Waals surface area contributed by atoms with Crippen molar-refractivity contribution in [3.8, 4) is 11.5 Å². The average molecular weight is 389 g/mol. The Morgan fingerprint density at radius 3 is 1.69 bits per heavy atom. The molecule has 1 amide bonds. The molecule has 0 aliphatic heterocycles. The van der Waals surface area contributed by atoms with E-state index in [1.165, 1.54) is 0 Å². The van der Waals surface area contributed by atoms with Crippen molar-refractivity contribution < 1.29 is 14.3 Å². The van der Waals surface area contributed by atoms with Crippen LogP contribution in [0.5, 0.6) is 11.5 Å². The quantitative estimate of drug-likeness (QED) is 0.617. The van der Waals surface area contributed by atoms with Crippen LogP contribution < -0.4 is 14.8 Å². The molecule has 0 aliphatic rings. The van der Waals surface area contributed by atoms with Crippen molar-refractivity contribution in [1.82, 2.24) is 5.32 Å². The predicted molar refractivity (Wildman–Crippen MR) is 116 cm³/mol. The van der Waals surface area contributed by atoms with Crippen molar-refractivity contribution in [2.75, 3.05) is 14.2 Å².